The lowest BCUT2D eigenvalue weighted by atomic mass is 10.1. The first-order valence-corrected chi connectivity index (χ1v) is 32.4. The van der Waals surface area contributed by atoms with Crippen molar-refractivity contribution in [1.29, 1.82) is 0 Å². The van der Waals surface area contributed by atoms with Crippen molar-refractivity contribution in [2.75, 3.05) is 0 Å². The molecule has 10 rings (SSSR count). The zero-order chi connectivity index (χ0) is 91.3. The Morgan fingerprint density at radius 2 is 0.557 bits per heavy atom. The van der Waals surface area contributed by atoms with E-state index >= 15 is 0 Å². The van der Waals surface area contributed by atoms with E-state index in [0.717, 1.165) is 133 Å². The van der Waals surface area contributed by atoms with Crippen molar-refractivity contribution >= 4 is 99.9 Å². The second-order valence-electron chi connectivity index (χ2n) is 22.6. The molecule has 0 bridgehead atoms. The van der Waals surface area contributed by atoms with Gasteiger partial charge in [0.05, 0.1) is 110 Å². The summed E-state index contributed by atoms with van der Waals surface area (Å²) in [5.74, 6) is -27.1. The van der Waals surface area contributed by atoms with Gasteiger partial charge >= 0.3 is 41.7 Å². The Morgan fingerprint density at radius 3 is 0.828 bits per heavy atom. The number of carbonyl (C=O) groups is 10. The van der Waals surface area contributed by atoms with Gasteiger partial charge in [0.25, 0.3) is 28.4 Å². The molecule has 0 amide bonds. The van der Waals surface area contributed by atoms with Crippen molar-refractivity contribution in [2.45, 2.75) is 23.7 Å². The average Bonchev–Trinajstić information content (AvgIpc) is 0.834. The number of esters is 5. The van der Waals surface area contributed by atoms with Gasteiger partial charge in [-0.2, -0.15) is 13.2 Å². The Labute approximate surface area is 669 Å². The Balaban J connectivity index is 0.000000236. The van der Waals surface area contributed by atoms with E-state index in [1.807, 2.05) is 6.92 Å². The maximum Gasteiger partial charge on any atom is 0.573 e. The molecule has 10 aromatic carbocycles. The second-order valence-corrected chi connectivity index (χ2v) is 23.7. The van der Waals surface area contributed by atoms with Crippen LogP contribution in [0.4, 0.5) is 81.1 Å². The molecule has 0 unspecified atom stereocenters. The average molecular weight is 1740 g/mol. The molecule has 122 heavy (non-hydrogen) atoms. The molecule has 0 saturated carbocycles. The molecule has 0 aliphatic carbocycles. The summed E-state index contributed by atoms with van der Waals surface area (Å²) in [6, 6.07) is 29.1. The molecule has 0 spiro atoms. The van der Waals surface area contributed by atoms with Gasteiger partial charge in [0, 0.05) is 35.2 Å². The van der Waals surface area contributed by atoms with Crippen LogP contribution < -0.4 is 54.0 Å². The van der Waals surface area contributed by atoms with Crippen LogP contribution >= 0.6 is 11.8 Å². The maximum absolute atomic E-state index is 13.5. The standard InChI is InChI=1S/C15H8F3NO7.C15H8F3NO6S.C15H11NO6.2C14H6F3NO6/c16-15(17,18)26-9-3-1-8(2-4-9)14(22)25-10-5-6-12(19(23)24)11(7-10)13(20)21;16-15(17,18)26-10-4-1-8(2-5-10)14(22)25-9-3-6-12(19(23)24)11(7-9)13(20)21;1-9-2-4-10(5-3-9)15(19)22-11-6-7-13(16(20)21)12(8-11)14(17)18;15-9-3-2-7(11(16)12(9)17)14(21)24-6-1-4-10(18(22)23)8(5-6)13(19)20;15-9-3-6(4-10(16)12(9)17)14(21)24-7-1-2-11(18(22)23)8(5-7)13(19)20/h2*1-7H,(H,20,21);2-8H,1H3,(H,17,18);2*1-5H,(H,19,20)/p-5. The van der Waals surface area contributed by atoms with Gasteiger partial charge in [0.15, 0.2) is 34.9 Å². The van der Waals surface area contributed by atoms with Gasteiger partial charge in [-0.3, -0.25) is 50.6 Å². The minimum absolute atomic E-state index is 0.0927. The lowest BCUT2D eigenvalue weighted by Gasteiger charge is -2.10. The number of nitro groups is 5. The number of carboxylic acids is 5. The third-order valence-electron chi connectivity index (χ3n) is 14.4. The van der Waals surface area contributed by atoms with E-state index in [4.69, 9.17) is 14.2 Å². The number of ether oxygens (including phenoxy) is 6. The molecule has 0 radical (unpaired) electrons. The van der Waals surface area contributed by atoms with Crippen LogP contribution in [0.1, 0.15) is 109 Å². The number of carboxylic acid groups (broad SMARTS) is 5. The Hall–Kier alpha value is -16.8. The van der Waals surface area contributed by atoms with Gasteiger partial charge in [-0.1, -0.05) is 17.7 Å². The number of rotatable bonds is 22. The van der Waals surface area contributed by atoms with E-state index in [2.05, 4.69) is 14.2 Å². The van der Waals surface area contributed by atoms with Crippen molar-refractivity contribution < 1.29 is 179 Å². The lowest BCUT2D eigenvalue weighted by Crippen LogP contribution is -2.23. The summed E-state index contributed by atoms with van der Waals surface area (Å²) in [7, 11) is 0. The number of nitrogens with zero attached hydrogens (tertiary/aromatic N) is 5. The Kier molecular flexibility index (Phi) is 31.4. The number of hydrogen-bond donors (Lipinski definition) is 0. The van der Waals surface area contributed by atoms with Gasteiger partial charge in [0.1, 0.15) is 34.5 Å². The third-order valence-corrected chi connectivity index (χ3v) is 15.1. The molecule has 36 nitrogen and oxygen atoms in total. The van der Waals surface area contributed by atoms with E-state index < -0.39 is 216 Å². The molecule has 0 atom stereocenters. The minimum atomic E-state index is -4.89. The summed E-state index contributed by atoms with van der Waals surface area (Å²) in [5, 5.41) is 108. The molecule has 0 heterocycles. The second kappa shape index (κ2) is 40.7. The van der Waals surface area contributed by atoms with Crippen molar-refractivity contribution in [3.8, 4) is 34.5 Å². The maximum atomic E-state index is 13.5. The number of aromatic carboxylic acids is 5. The Morgan fingerprint density at radius 1 is 0.295 bits per heavy atom. The van der Waals surface area contributed by atoms with Crippen LogP contribution in [0.25, 0.3) is 0 Å². The summed E-state index contributed by atoms with van der Waals surface area (Å²) in [6.45, 7) is 1.86. The molecule has 0 aliphatic rings. The summed E-state index contributed by atoms with van der Waals surface area (Å²) < 4.78 is 179. The number of nitro benzene ring substituents is 5. The summed E-state index contributed by atoms with van der Waals surface area (Å²) in [4.78, 5) is 162. The molecule has 10 aromatic rings. The topological polar surface area (TPSA) is 557 Å². The minimum Gasteiger partial charge on any atom is -0.545 e. The van der Waals surface area contributed by atoms with E-state index in [1.165, 1.54) is 0 Å². The van der Waals surface area contributed by atoms with Crippen LogP contribution in [0.3, 0.4) is 0 Å². The largest absolute Gasteiger partial charge is 0.573 e. The first-order valence-electron chi connectivity index (χ1n) is 31.6. The summed E-state index contributed by atoms with van der Waals surface area (Å²) in [6.07, 6.45) is -4.89. The van der Waals surface area contributed by atoms with Crippen LogP contribution in [0.5, 0.6) is 34.5 Å². The predicted molar refractivity (Wildman–Crippen MR) is 367 cm³/mol. The van der Waals surface area contributed by atoms with Crippen molar-refractivity contribution in [2.24, 2.45) is 0 Å². The van der Waals surface area contributed by atoms with Gasteiger partial charge in [-0.25, -0.2) is 50.3 Å². The quantitative estimate of drug-likeness (QED) is 0.0116. The van der Waals surface area contributed by atoms with Crippen LogP contribution in [0, 0.1) is 92.4 Å². The fraction of sp³-hybridized carbons (Fsp3) is 0.0411. The highest BCUT2D eigenvalue weighted by Crippen LogP contribution is 2.38. The highest BCUT2D eigenvalue weighted by molar-refractivity contribution is 8.00. The monoisotopic (exact) mass is 1740 g/mol. The van der Waals surface area contributed by atoms with Gasteiger partial charge in [-0.05, 0) is 164 Å². The van der Waals surface area contributed by atoms with Crippen LogP contribution in [0.15, 0.2) is 193 Å². The first-order chi connectivity index (χ1) is 56.9. The smallest absolute Gasteiger partial charge is 0.545 e. The number of aryl methyl sites for hydroxylation is 1. The highest BCUT2D eigenvalue weighted by atomic mass is 32.2. The molecule has 632 valence electrons. The summed E-state index contributed by atoms with van der Waals surface area (Å²) >= 11 is -0.354. The zero-order valence-electron chi connectivity index (χ0n) is 59.2. The number of hydrogen-bond acceptors (Lipinski definition) is 32. The van der Waals surface area contributed by atoms with Crippen LogP contribution in [0.2, 0.25) is 0 Å². The van der Waals surface area contributed by atoms with Crippen molar-refractivity contribution in [3.63, 3.8) is 0 Å². The fourth-order valence-electron chi connectivity index (χ4n) is 8.96. The van der Waals surface area contributed by atoms with Crippen LogP contribution in [-0.4, -0.2) is 96.2 Å². The predicted octanol–water partition coefficient (Wildman–Crippen LogP) is 9.54. The van der Waals surface area contributed by atoms with E-state index in [0.29, 0.717) is 36.4 Å². The van der Waals surface area contributed by atoms with Crippen molar-refractivity contribution in [3.05, 3.63) is 335 Å². The molecule has 0 aliphatic heterocycles. The molecular weight excluding hydrogens is 1700 g/mol. The van der Waals surface area contributed by atoms with Crippen molar-refractivity contribution in [1.82, 2.24) is 0 Å². The van der Waals surface area contributed by atoms with Gasteiger partial charge < -0.3 is 77.9 Å². The van der Waals surface area contributed by atoms with Crippen LogP contribution in [-0.2, 0) is 0 Å². The number of carbonyl (C=O) groups excluding carboxylic acids is 10. The molecule has 0 aromatic heterocycles. The molecule has 0 saturated heterocycles. The SMILES string of the molecule is Cc1ccc(C(=O)Oc2ccc([N+](=O)[O-])c(C(=O)[O-])c2)cc1.O=C(Oc1ccc([N+](=O)[O-])c(C(=O)[O-])c1)c1cc(F)c(F)c(F)c1.O=C(Oc1ccc([N+](=O)[O-])c(C(=O)[O-])c1)c1ccc(OC(F)(F)F)cc1.O=C(Oc1ccc([N+](=O)[O-])c(C(=O)[O-])c1)c1ccc(SC(F)(F)F)cc1.O=C([O-])c1cc(OC(=O)c2ccc(F)c(F)c2F)ccc1[N+](=O)[O-]. The van der Waals surface area contributed by atoms with Gasteiger partial charge in [0.2, 0.25) is 0 Å². The normalized spacial score (nSPS) is 10.5. The number of alkyl halides is 6. The molecule has 49 heteroatoms. The lowest BCUT2D eigenvalue weighted by molar-refractivity contribution is -0.386. The molecular formula is C73H34F12N5O31S-5. The first kappa shape index (κ1) is 94.1. The third kappa shape index (κ3) is 26.6. The Bertz CT molecular complexity index is 5690. The van der Waals surface area contributed by atoms with E-state index in [1.54, 1.807) is 24.3 Å². The van der Waals surface area contributed by atoms with E-state index in [-0.39, 0.29) is 50.6 Å². The summed E-state index contributed by atoms with van der Waals surface area (Å²) in [5.41, 5.74) is -12.8. The highest BCUT2D eigenvalue weighted by Gasteiger charge is 2.33. The van der Waals surface area contributed by atoms with E-state index in [9.17, 15) is 177 Å². The number of thioether (sulfide) groups is 1. The zero-order valence-corrected chi connectivity index (χ0v) is 60.0. The van der Waals surface area contributed by atoms with Gasteiger partial charge in [-0.15, -0.1) is 13.2 Å². The molecule has 0 fully saturated rings. The number of halogens is 12. The number of benzene rings is 10. The molecule has 0 N–H and O–H groups in total. The fourth-order valence-corrected chi connectivity index (χ4v) is 9.50.